The maximum atomic E-state index is 13.1. The molecule has 2 amide bonds. The molecule has 4 rings (SSSR count). The van der Waals surface area contributed by atoms with Crippen molar-refractivity contribution >= 4 is 11.8 Å². The second kappa shape index (κ2) is 8.52. The van der Waals surface area contributed by atoms with Gasteiger partial charge in [-0.3, -0.25) is 10.3 Å². The SMILES string of the molecule is O=C(Nc1ccnn1C1CCCC1)N(Cc1ccccn1)C[C@H]1CCCO1. The minimum Gasteiger partial charge on any atom is -0.376 e. The number of carbonyl (C=O) groups is 1. The Labute approximate surface area is 159 Å². The van der Waals surface area contributed by atoms with Crippen LogP contribution in [0.3, 0.4) is 0 Å². The van der Waals surface area contributed by atoms with E-state index in [9.17, 15) is 4.79 Å². The van der Waals surface area contributed by atoms with Gasteiger partial charge in [0, 0.05) is 25.4 Å². The summed E-state index contributed by atoms with van der Waals surface area (Å²) in [6, 6.07) is 7.90. The lowest BCUT2D eigenvalue weighted by atomic mass is 10.2. The van der Waals surface area contributed by atoms with Crippen molar-refractivity contribution in [1.29, 1.82) is 0 Å². The average Bonchev–Trinajstić information content (AvgIpc) is 3.44. The van der Waals surface area contributed by atoms with Gasteiger partial charge in [-0.25, -0.2) is 9.48 Å². The second-order valence-electron chi connectivity index (χ2n) is 7.37. The molecule has 2 aromatic heterocycles. The highest BCUT2D eigenvalue weighted by Crippen LogP contribution is 2.31. The van der Waals surface area contributed by atoms with E-state index in [1.165, 1.54) is 12.8 Å². The van der Waals surface area contributed by atoms with Crippen LogP contribution in [0.4, 0.5) is 10.6 Å². The van der Waals surface area contributed by atoms with Crippen LogP contribution in [0, 0.1) is 0 Å². The molecule has 144 valence electrons. The molecule has 0 spiro atoms. The zero-order chi connectivity index (χ0) is 18.5. The average molecular weight is 369 g/mol. The fourth-order valence-electron chi connectivity index (χ4n) is 3.98. The summed E-state index contributed by atoms with van der Waals surface area (Å²) >= 11 is 0. The molecule has 1 aliphatic carbocycles. The van der Waals surface area contributed by atoms with Gasteiger partial charge >= 0.3 is 6.03 Å². The summed E-state index contributed by atoms with van der Waals surface area (Å²) in [4.78, 5) is 19.2. The van der Waals surface area contributed by atoms with Gasteiger partial charge in [-0.05, 0) is 37.8 Å². The topological polar surface area (TPSA) is 72.3 Å². The van der Waals surface area contributed by atoms with E-state index in [-0.39, 0.29) is 12.1 Å². The third-order valence-corrected chi connectivity index (χ3v) is 5.39. The lowest BCUT2D eigenvalue weighted by molar-refractivity contribution is 0.0816. The minimum atomic E-state index is -0.129. The molecule has 1 saturated heterocycles. The minimum absolute atomic E-state index is 0.0965. The largest absolute Gasteiger partial charge is 0.376 e. The first kappa shape index (κ1) is 18.0. The van der Waals surface area contributed by atoms with Gasteiger partial charge in [0.1, 0.15) is 5.82 Å². The number of nitrogens with zero attached hydrogens (tertiary/aromatic N) is 4. The van der Waals surface area contributed by atoms with E-state index in [0.29, 0.717) is 19.1 Å². The number of carbonyl (C=O) groups excluding carboxylic acids is 1. The van der Waals surface area contributed by atoms with Crippen LogP contribution in [0.5, 0.6) is 0 Å². The molecule has 0 radical (unpaired) electrons. The summed E-state index contributed by atoms with van der Waals surface area (Å²) < 4.78 is 7.72. The Kier molecular flexibility index (Phi) is 5.67. The smallest absolute Gasteiger partial charge is 0.323 e. The zero-order valence-electron chi connectivity index (χ0n) is 15.6. The molecule has 7 nitrogen and oxygen atoms in total. The van der Waals surface area contributed by atoms with Crippen LogP contribution >= 0.6 is 0 Å². The summed E-state index contributed by atoms with van der Waals surface area (Å²) in [6.45, 7) is 1.81. The second-order valence-corrected chi connectivity index (χ2v) is 7.37. The van der Waals surface area contributed by atoms with E-state index in [1.807, 2.05) is 28.9 Å². The normalized spacial score (nSPS) is 20.1. The third-order valence-electron chi connectivity index (χ3n) is 5.39. The van der Waals surface area contributed by atoms with Crippen LogP contribution in [0.2, 0.25) is 0 Å². The first-order valence-electron chi connectivity index (χ1n) is 9.90. The van der Waals surface area contributed by atoms with Crippen molar-refractivity contribution in [3.05, 3.63) is 42.4 Å². The maximum Gasteiger partial charge on any atom is 0.323 e. The Morgan fingerprint density at radius 1 is 1.19 bits per heavy atom. The Morgan fingerprint density at radius 2 is 2.07 bits per heavy atom. The van der Waals surface area contributed by atoms with Crippen LogP contribution < -0.4 is 5.32 Å². The van der Waals surface area contributed by atoms with Crippen molar-refractivity contribution in [2.75, 3.05) is 18.5 Å². The molecular formula is C20H27N5O2. The molecule has 1 atom stereocenters. The summed E-state index contributed by atoms with van der Waals surface area (Å²) in [5.41, 5.74) is 0.870. The predicted molar refractivity (Wildman–Crippen MR) is 102 cm³/mol. The van der Waals surface area contributed by atoms with Gasteiger partial charge in [0.05, 0.1) is 30.6 Å². The van der Waals surface area contributed by atoms with E-state index in [0.717, 1.165) is 43.8 Å². The summed E-state index contributed by atoms with van der Waals surface area (Å²) in [6.07, 6.45) is 10.4. The fraction of sp³-hybridized carbons (Fsp3) is 0.550. The van der Waals surface area contributed by atoms with Gasteiger partial charge in [0.25, 0.3) is 0 Å². The molecule has 2 aliphatic rings. The van der Waals surface area contributed by atoms with Crippen molar-refractivity contribution in [1.82, 2.24) is 19.7 Å². The summed E-state index contributed by atoms with van der Waals surface area (Å²) in [5, 5.41) is 7.51. The molecule has 1 aliphatic heterocycles. The molecule has 1 N–H and O–H groups in total. The van der Waals surface area contributed by atoms with Gasteiger partial charge in [-0.15, -0.1) is 0 Å². The molecule has 2 aromatic rings. The number of hydrogen-bond donors (Lipinski definition) is 1. The molecule has 0 bridgehead atoms. The van der Waals surface area contributed by atoms with Gasteiger partial charge < -0.3 is 9.64 Å². The Morgan fingerprint density at radius 3 is 2.81 bits per heavy atom. The van der Waals surface area contributed by atoms with Crippen LogP contribution in [-0.2, 0) is 11.3 Å². The van der Waals surface area contributed by atoms with Crippen LogP contribution in [0.1, 0.15) is 50.3 Å². The monoisotopic (exact) mass is 369 g/mol. The molecule has 0 unspecified atom stereocenters. The van der Waals surface area contributed by atoms with Gasteiger partial charge in [-0.2, -0.15) is 5.10 Å². The molecule has 2 fully saturated rings. The number of amides is 2. The van der Waals surface area contributed by atoms with Crippen LogP contribution in [0.15, 0.2) is 36.7 Å². The van der Waals surface area contributed by atoms with E-state index < -0.39 is 0 Å². The van der Waals surface area contributed by atoms with Crippen molar-refractivity contribution in [2.24, 2.45) is 0 Å². The van der Waals surface area contributed by atoms with Gasteiger partial charge in [-0.1, -0.05) is 18.9 Å². The Hall–Kier alpha value is -2.41. The molecule has 0 aromatic carbocycles. The first-order valence-corrected chi connectivity index (χ1v) is 9.90. The van der Waals surface area contributed by atoms with Crippen molar-refractivity contribution in [3.8, 4) is 0 Å². The van der Waals surface area contributed by atoms with Crippen molar-refractivity contribution in [3.63, 3.8) is 0 Å². The number of pyridine rings is 1. The molecular weight excluding hydrogens is 342 g/mol. The third kappa shape index (κ3) is 4.47. The highest BCUT2D eigenvalue weighted by molar-refractivity contribution is 5.88. The highest BCUT2D eigenvalue weighted by atomic mass is 16.5. The summed E-state index contributed by atoms with van der Waals surface area (Å²) in [7, 11) is 0. The summed E-state index contributed by atoms with van der Waals surface area (Å²) in [5.74, 6) is 0.769. The number of rotatable bonds is 6. The lowest BCUT2D eigenvalue weighted by Gasteiger charge is -2.26. The number of ether oxygens (including phenoxy) is 1. The Balaban J connectivity index is 1.47. The Bertz CT molecular complexity index is 736. The molecule has 1 saturated carbocycles. The predicted octanol–water partition coefficient (Wildman–Crippen LogP) is 3.61. The van der Waals surface area contributed by atoms with Crippen LogP contribution in [0.25, 0.3) is 0 Å². The fourth-order valence-corrected chi connectivity index (χ4v) is 3.98. The lowest BCUT2D eigenvalue weighted by Crippen LogP contribution is -2.40. The standard InChI is InChI=1S/C20H27N5O2/c26-20(23-19-10-12-22-25(19)17-7-1-2-8-17)24(15-18-9-5-13-27-18)14-16-6-3-4-11-21-16/h3-4,6,10-12,17-18H,1-2,5,7-9,13-15H2,(H,23,26)/t18-/m1/s1. The van der Waals surface area contributed by atoms with E-state index in [2.05, 4.69) is 15.4 Å². The highest BCUT2D eigenvalue weighted by Gasteiger charge is 2.25. The number of hydrogen-bond acceptors (Lipinski definition) is 4. The number of urea groups is 1. The quantitative estimate of drug-likeness (QED) is 0.844. The number of aromatic nitrogens is 3. The van der Waals surface area contributed by atoms with E-state index in [1.54, 1.807) is 17.3 Å². The number of nitrogens with one attached hydrogen (secondary N) is 1. The van der Waals surface area contributed by atoms with E-state index >= 15 is 0 Å². The van der Waals surface area contributed by atoms with Crippen molar-refractivity contribution < 1.29 is 9.53 Å². The maximum absolute atomic E-state index is 13.1. The van der Waals surface area contributed by atoms with E-state index in [4.69, 9.17) is 4.74 Å². The van der Waals surface area contributed by atoms with Gasteiger partial charge in [0.15, 0.2) is 0 Å². The zero-order valence-corrected chi connectivity index (χ0v) is 15.6. The number of anilines is 1. The van der Waals surface area contributed by atoms with Crippen molar-refractivity contribution in [2.45, 2.75) is 57.2 Å². The molecule has 3 heterocycles. The molecule has 7 heteroatoms. The molecule has 27 heavy (non-hydrogen) atoms. The first-order chi connectivity index (χ1) is 13.3. The van der Waals surface area contributed by atoms with Gasteiger partial charge in [0.2, 0.25) is 0 Å². The van der Waals surface area contributed by atoms with Crippen LogP contribution in [-0.4, -0.2) is 45.0 Å².